The summed E-state index contributed by atoms with van der Waals surface area (Å²) >= 11 is 6.66. The van der Waals surface area contributed by atoms with E-state index in [-0.39, 0.29) is 12.3 Å². The van der Waals surface area contributed by atoms with Crippen LogP contribution in [0.4, 0.5) is 0 Å². The van der Waals surface area contributed by atoms with E-state index in [4.69, 9.17) is 12.2 Å². The molecule has 0 unspecified atom stereocenters. The molecule has 0 aromatic carbocycles. The second kappa shape index (κ2) is 7.54. The minimum Gasteiger partial charge on any atom is -0.359 e. The van der Waals surface area contributed by atoms with Crippen molar-refractivity contribution in [2.45, 2.75) is 51.5 Å². The predicted octanol–water partition coefficient (Wildman–Crippen LogP) is 1.82. The van der Waals surface area contributed by atoms with Gasteiger partial charge in [-0.25, -0.2) is 4.98 Å². The number of amides is 1. The molecule has 1 aliphatic carbocycles. The molecule has 1 aromatic heterocycles. The van der Waals surface area contributed by atoms with Gasteiger partial charge in [0.15, 0.2) is 5.11 Å². The molecular weight excluding hydrogens is 292 g/mol. The Morgan fingerprint density at radius 3 is 2.80 bits per heavy atom. The number of hydrogen-bond acceptors (Lipinski definition) is 4. The van der Waals surface area contributed by atoms with E-state index in [1.165, 1.54) is 30.6 Å². The summed E-state index contributed by atoms with van der Waals surface area (Å²) in [5.41, 5.74) is 6.30. The molecule has 7 heteroatoms. The van der Waals surface area contributed by atoms with Crippen LogP contribution in [0.3, 0.4) is 0 Å². The number of carbonyl (C=O) groups excluding carboxylic acids is 1. The number of hydrazine groups is 1. The Morgan fingerprint density at radius 1 is 1.40 bits per heavy atom. The van der Waals surface area contributed by atoms with Gasteiger partial charge in [-0.05, 0) is 32.0 Å². The van der Waals surface area contributed by atoms with Gasteiger partial charge in [0, 0.05) is 17.1 Å². The smallest absolute Gasteiger partial charge is 0.245 e. The average Bonchev–Trinajstić information content (AvgIpc) is 2.83. The van der Waals surface area contributed by atoms with Gasteiger partial charge in [0.05, 0.1) is 6.42 Å². The highest BCUT2D eigenvalue weighted by atomic mass is 32.1. The fourth-order valence-corrected chi connectivity index (χ4v) is 3.25. The predicted molar refractivity (Wildman–Crippen MR) is 84.4 cm³/mol. The molecule has 5 nitrogen and oxygen atoms in total. The summed E-state index contributed by atoms with van der Waals surface area (Å²) in [6.07, 6.45) is 6.37. The molecule has 0 atom stereocenters. The molecular formula is C13H20N4OS2. The van der Waals surface area contributed by atoms with Gasteiger partial charge in [-0.3, -0.25) is 15.6 Å². The summed E-state index contributed by atoms with van der Waals surface area (Å²) in [5, 5.41) is 6.47. The summed E-state index contributed by atoms with van der Waals surface area (Å²) < 4.78 is 0. The summed E-state index contributed by atoms with van der Waals surface area (Å²) in [7, 11) is 0. The second-order valence-electron chi connectivity index (χ2n) is 5.04. The van der Waals surface area contributed by atoms with E-state index in [0.717, 1.165) is 23.5 Å². The van der Waals surface area contributed by atoms with Crippen molar-refractivity contribution in [1.82, 2.24) is 21.2 Å². The first-order valence-corrected chi connectivity index (χ1v) is 8.18. The first-order valence-electron chi connectivity index (χ1n) is 6.90. The Bertz CT molecular complexity index is 469. The number of aromatic nitrogens is 1. The minimum atomic E-state index is -0.132. The molecule has 0 spiro atoms. The van der Waals surface area contributed by atoms with Gasteiger partial charge in [0.2, 0.25) is 5.91 Å². The Balaban J connectivity index is 1.66. The van der Waals surface area contributed by atoms with Crippen LogP contribution in [0.5, 0.6) is 0 Å². The monoisotopic (exact) mass is 312 g/mol. The molecule has 1 amide bonds. The number of rotatable bonds is 3. The van der Waals surface area contributed by atoms with Crippen LogP contribution in [0.25, 0.3) is 0 Å². The van der Waals surface area contributed by atoms with E-state index < -0.39 is 0 Å². The number of nitrogens with zero attached hydrogens (tertiary/aromatic N) is 1. The Hall–Kier alpha value is -1.21. The third-order valence-corrected chi connectivity index (χ3v) is 4.42. The fraction of sp³-hybridized carbons (Fsp3) is 0.615. The molecule has 1 saturated carbocycles. The standard InChI is InChI=1S/C13H20N4OS2/c1-9-8-20-12(14-9)7-11(18)16-17-13(19)15-10-5-3-2-4-6-10/h8,10H,2-7H2,1H3,(H,16,18)(H2,15,17,19). The van der Waals surface area contributed by atoms with Crippen LogP contribution < -0.4 is 16.2 Å². The largest absolute Gasteiger partial charge is 0.359 e. The van der Waals surface area contributed by atoms with Crippen LogP contribution in [0.1, 0.15) is 42.8 Å². The van der Waals surface area contributed by atoms with Crippen molar-refractivity contribution < 1.29 is 4.79 Å². The molecule has 0 bridgehead atoms. The fourth-order valence-electron chi connectivity index (χ4n) is 2.26. The number of hydrogen-bond donors (Lipinski definition) is 3. The van der Waals surface area contributed by atoms with Gasteiger partial charge in [-0.2, -0.15) is 0 Å². The molecule has 0 aliphatic heterocycles. The number of thiocarbonyl (C=S) groups is 1. The van der Waals surface area contributed by atoms with E-state index in [2.05, 4.69) is 21.2 Å². The summed E-state index contributed by atoms with van der Waals surface area (Å²) in [5.74, 6) is -0.132. The first kappa shape index (κ1) is 15.2. The maximum Gasteiger partial charge on any atom is 0.245 e. The van der Waals surface area contributed by atoms with Crippen molar-refractivity contribution in [1.29, 1.82) is 0 Å². The van der Waals surface area contributed by atoms with Crippen LogP contribution in [-0.2, 0) is 11.2 Å². The van der Waals surface area contributed by atoms with Gasteiger partial charge in [0.25, 0.3) is 0 Å². The molecule has 1 heterocycles. The molecule has 1 aliphatic rings. The maximum absolute atomic E-state index is 11.7. The van der Waals surface area contributed by atoms with Crippen molar-refractivity contribution in [3.63, 3.8) is 0 Å². The second-order valence-corrected chi connectivity index (χ2v) is 6.39. The molecule has 3 N–H and O–H groups in total. The molecule has 2 rings (SSSR count). The highest BCUT2D eigenvalue weighted by Crippen LogP contribution is 2.17. The number of thiazole rings is 1. The quantitative estimate of drug-likeness (QED) is 0.587. The third kappa shape index (κ3) is 5.05. The van der Waals surface area contributed by atoms with Crippen LogP contribution in [0.2, 0.25) is 0 Å². The van der Waals surface area contributed by atoms with Crippen LogP contribution >= 0.6 is 23.6 Å². The normalized spacial score (nSPS) is 15.7. The Kier molecular flexibility index (Phi) is 5.72. The zero-order chi connectivity index (χ0) is 14.4. The van der Waals surface area contributed by atoms with Crippen LogP contribution in [-0.4, -0.2) is 22.0 Å². The van der Waals surface area contributed by atoms with Crippen molar-refractivity contribution in [3.05, 3.63) is 16.1 Å². The van der Waals surface area contributed by atoms with Gasteiger partial charge < -0.3 is 5.32 Å². The van der Waals surface area contributed by atoms with Gasteiger partial charge in [-0.1, -0.05) is 19.3 Å². The SMILES string of the molecule is Cc1csc(CC(=O)NNC(=S)NC2CCCCC2)n1. The lowest BCUT2D eigenvalue weighted by atomic mass is 9.96. The lowest BCUT2D eigenvalue weighted by Crippen LogP contribution is -2.50. The summed E-state index contributed by atoms with van der Waals surface area (Å²) in [6.45, 7) is 1.92. The highest BCUT2D eigenvalue weighted by Gasteiger charge is 2.14. The van der Waals surface area contributed by atoms with E-state index in [1.807, 2.05) is 12.3 Å². The van der Waals surface area contributed by atoms with Crippen molar-refractivity contribution in [2.24, 2.45) is 0 Å². The van der Waals surface area contributed by atoms with Crippen molar-refractivity contribution in [3.8, 4) is 0 Å². The van der Waals surface area contributed by atoms with E-state index in [1.54, 1.807) is 0 Å². The zero-order valence-electron chi connectivity index (χ0n) is 11.6. The summed E-state index contributed by atoms with van der Waals surface area (Å²) in [4.78, 5) is 16.0. The van der Waals surface area contributed by atoms with Gasteiger partial charge >= 0.3 is 0 Å². The Labute approximate surface area is 128 Å². The minimum absolute atomic E-state index is 0.132. The van der Waals surface area contributed by atoms with E-state index in [0.29, 0.717) is 11.2 Å². The van der Waals surface area contributed by atoms with Crippen molar-refractivity contribution in [2.75, 3.05) is 0 Å². The third-order valence-electron chi connectivity index (χ3n) is 3.23. The molecule has 1 fully saturated rings. The zero-order valence-corrected chi connectivity index (χ0v) is 13.2. The van der Waals surface area contributed by atoms with E-state index >= 15 is 0 Å². The molecule has 0 radical (unpaired) electrons. The molecule has 1 aromatic rings. The van der Waals surface area contributed by atoms with Crippen LogP contribution in [0.15, 0.2) is 5.38 Å². The van der Waals surface area contributed by atoms with Gasteiger partial charge in [0.1, 0.15) is 5.01 Å². The lowest BCUT2D eigenvalue weighted by Gasteiger charge is -2.24. The molecule has 0 saturated heterocycles. The summed E-state index contributed by atoms with van der Waals surface area (Å²) in [6, 6.07) is 0.433. The van der Waals surface area contributed by atoms with Crippen molar-refractivity contribution >= 4 is 34.6 Å². The van der Waals surface area contributed by atoms with Crippen LogP contribution in [0, 0.1) is 6.92 Å². The topological polar surface area (TPSA) is 66.1 Å². The van der Waals surface area contributed by atoms with Gasteiger partial charge in [-0.15, -0.1) is 11.3 Å². The number of aryl methyl sites for hydroxylation is 1. The first-order chi connectivity index (χ1) is 9.63. The molecule has 20 heavy (non-hydrogen) atoms. The number of carbonyl (C=O) groups is 1. The average molecular weight is 312 g/mol. The highest BCUT2D eigenvalue weighted by molar-refractivity contribution is 7.80. The lowest BCUT2D eigenvalue weighted by molar-refractivity contribution is -0.121. The molecule has 110 valence electrons. The Morgan fingerprint density at radius 2 is 2.15 bits per heavy atom. The maximum atomic E-state index is 11.7. The number of nitrogens with one attached hydrogen (secondary N) is 3. The van der Waals surface area contributed by atoms with E-state index in [9.17, 15) is 4.79 Å².